The minimum absolute atomic E-state index is 0.0212. The molecule has 4 nitrogen and oxygen atoms in total. The molecular weight excluding hydrogens is 236 g/mol. The van der Waals surface area contributed by atoms with E-state index in [1.807, 2.05) is 19.1 Å². The van der Waals surface area contributed by atoms with E-state index < -0.39 is 9.84 Å². The third-order valence-electron chi connectivity index (χ3n) is 3.35. The second-order valence-electron chi connectivity index (χ2n) is 4.69. The molecule has 0 radical (unpaired) electrons. The van der Waals surface area contributed by atoms with Crippen molar-refractivity contribution in [1.29, 1.82) is 0 Å². The van der Waals surface area contributed by atoms with Crippen LogP contribution in [0.4, 0.5) is 5.69 Å². The molecule has 1 heterocycles. The summed E-state index contributed by atoms with van der Waals surface area (Å²) < 4.78 is 23.3. The average molecular weight is 254 g/mol. The summed E-state index contributed by atoms with van der Waals surface area (Å²) in [4.78, 5) is 4.20. The summed E-state index contributed by atoms with van der Waals surface area (Å²) in [5.74, 6) is 0. The van der Waals surface area contributed by atoms with Gasteiger partial charge in [-0.15, -0.1) is 0 Å². The standard InChI is InChI=1S/C12H18N2O2S/c1-9-10(6-4-8-13-9)14-11-5-3-7-12(11)17(2,15)16/h4,6,8,11-12,14H,3,5,7H2,1-2H3/t11-,12+/m1/s1. The highest BCUT2D eigenvalue weighted by Gasteiger charge is 2.34. The van der Waals surface area contributed by atoms with Crippen LogP contribution in [-0.4, -0.2) is 30.9 Å². The van der Waals surface area contributed by atoms with Crippen LogP contribution in [0.15, 0.2) is 18.3 Å². The lowest BCUT2D eigenvalue weighted by atomic mass is 10.2. The van der Waals surface area contributed by atoms with Crippen LogP contribution in [0.2, 0.25) is 0 Å². The van der Waals surface area contributed by atoms with E-state index in [2.05, 4.69) is 10.3 Å². The van der Waals surface area contributed by atoms with Crippen LogP contribution in [0.5, 0.6) is 0 Å². The van der Waals surface area contributed by atoms with Crippen molar-refractivity contribution >= 4 is 15.5 Å². The van der Waals surface area contributed by atoms with Crippen molar-refractivity contribution in [2.75, 3.05) is 11.6 Å². The molecule has 0 bridgehead atoms. The number of pyridine rings is 1. The van der Waals surface area contributed by atoms with Gasteiger partial charge in [-0.2, -0.15) is 0 Å². The van der Waals surface area contributed by atoms with Gasteiger partial charge in [0.15, 0.2) is 9.84 Å². The summed E-state index contributed by atoms with van der Waals surface area (Å²) >= 11 is 0. The molecule has 1 N–H and O–H groups in total. The Hall–Kier alpha value is -1.10. The molecule has 1 aliphatic rings. The predicted molar refractivity (Wildman–Crippen MR) is 68.9 cm³/mol. The molecule has 1 aromatic rings. The Kier molecular flexibility index (Phi) is 3.38. The number of hydrogen-bond donors (Lipinski definition) is 1. The van der Waals surface area contributed by atoms with Gasteiger partial charge in [-0.3, -0.25) is 4.98 Å². The molecule has 1 aromatic heterocycles. The summed E-state index contributed by atoms with van der Waals surface area (Å²) in [6.07, 6.45) is 5.70. The second-order valence-corrected chi connectivity index (χ2v) is 6.95. The van der Waals surface area contributed by atoms with Crippen molar-refractivity contribution in [3.8, 4) is 0 Å². The van der Waals surface area contributed by atoms with Crippen LogP contribution in [0.1, 0.15) is 25.0 Å². The fourth-order valence-corrected chi connectivity index (χ4v) is 3.84. The number of rotatable bonds is 3. The molecule has 0 aliphatic heterocycles. The van der Waals surface area contributed by atoms with Gasteiger partial charge < -0.3 is 5.32 Å². The monoisotopic (exact) mass is 254 g/mol. The molecule has 1 aliphatic carbocycles. The van der Waals surface area contributed by atoms with Gasteiger partial charge in [0.2, 0.25) is 0 Å². The maximum absolute atomic E-state index is 11.7. The fourth-order valence-electron chi connectivity index (χ4n) is 2.44. The highest BCUT2D eigenvalue weighted by molar-refractivity contribution is 7.91. The molecule has 2 rings (SSSR count). The number of anilines is 1. The maximum atomic E-state index is 11.7. The van der Waals surface area contributed by atoms with E-state index in [1.54, 1.807) is 6.20 Å². The van der Waals surface area contributed by atoms with Gasteiger partial charge in [0.25, 0.3) is 0 Å². The average Bonchev–Trinajstić information content (AvgIpc) is 2.69. The van der Waals surface area contributed by atoms with Crippen LogP contribution in [0.3, 0.4) is 0 Å². The third kappa shape index (κ3) is 2.77. The molecule has 1 fully saturated rings. The SMILES string of the molecule is Cc1ncccc1N[C@@H]1CCC[C@@H]1S(C)(=O)=O. The maximum Gasteiger partial charge on any atom is 0.152 e. The van der Waals surface area contributed by atoms with E-state index in [0.29, 0.717) is 0 Å². The first-order valence-electron chi connectivity index (χ1n) is 5.85. The summed E-state index contributed by atoms with van der Waals surface area (Å²) in [6.45, 7) is 1.92. The molecule has 0 spiro atoms. The van der Waals surface area contributed by atoms with Crippen molar-refractivity contribution in [3.63, 3.8) is 0 Å². The summed E-state index contributed by atoms with van der Waals surface area (Å²) in [5.41, 5.74) is 1.85. The Balaban J connectivity index is 2.17. The van der Waals surface area contributed by atoms with Crippen molar-refractivity contribution in [2.24, 2.45) is 0 Å². The van der Waals surface area contributed by atoms with Gasteiger partial charge in [0, 0.05) is 18.5 Å². The lowest BCUT2D eigenvalue weighted by Crippen LogP contribution is -2.34. The van der Waals surface area contributed by atoms with Gasteiger partial charge in [-0.1, -0.05) is 0 Å². The Morgan fingerprint density at radius 2 is 2.18 bits per heavy atom. The number of nitrogens with one attached hydrogen (secondary N) is 1. The van der Waals surface area contributed by atoms with Crippen LogP contribution in [0.25, 0.3) is 0 Å². The van der Waals surface area contributed by atoms with Crippen LogP contribution in [0, 0.1) is 6.92 Å². The van der Waals surface area contributed by atoms with E-state index in [9.17, 15) is 8.42 Å². The molecule has 0 saturated heterocycles. The fraction of sp³-hybridized carbons (Fsp3) is 0.583. The smallest absolute Gasteiger partial charge is 0.152 e. The highest BCUT2D eigenvalue weighted by Crippen LogP contribution is 2.28. The van der Waals surface area contributed by atoms with E-state index in [1.165, 1.54) is 6.26 Å². The summed E-state index contributed by atoms with van der Waals surface area (Å²) in [6, 6.07) is 3.83. The van der Waals surface area contributed by atoms with Gasteiger partial charge >= 0.3 is 0 Å². The molecule has 0 amide bonds. The number of nitrogens with zero attached hydrogens (tertiary/aromatic N) is 1. The molecule has 17 heavy (non-hydrogen) atoms. The summed E-state index contributed by atoms with van der Waals surface area (Å²) in [7, 11) is -2.97. The number of aromatic nitrogens is 1. The van der Waals surface area contributed by atoms with Crippen molar-refractivity contribution in [1.82, 2.24) is 4.98 Å². The second kappa shape index (κ2) is 4.64. The quantitative estimate of drug-likeness (QED) is 0.893. The zero-order valence-electron chi connectivity index (χ0n) is 10.2. The first kappa shape index (κ1) is 12.4. The number of aryl methyl sites for hydroxylation is 1. The minimum atomic E-state index is -2.97. The topological polar surface area (TPSA) is 59.1 Å². The van der Waals surface area contributed by atoms with E-state index in [4.69, 9.17) is 0 Å². The van der Waals surface area contributed by atoms with Crippen LogP contribution < -0.4 is 5.32 Å². The Morgan fingerprint density at radius 3 is 2.82 bits per heavy atom. The zero-order chi connectivity index (χ0) is 12.5. The van der Waals surface area contributed by atoms with Gasteiger partial charge in [0.1, 0.15) is 0 Å². The summed E-state index contributed by atoms with van der Waals surface area (Å²) in [5, 5.41) is 3.06. The largest absolute Gasteiger partial charge is 0.380 e. The third-order valence-corrected chi connectivity index (χ3v) is 5.01. The van der Waals surface area contributed by atoms with Crippen molar-refractivity contribution in [2.45, 2.75) is 37.5 Å². The van der Waals surface area contributed by atoms with E-state index >= 15 is 0 Å². The highest BCUT2D eigenvalue weighted by atomic mass is 32.2. The Morgan fingerprint density at radius 1 is 1.41 bits per heavy atom. The lowest BCUT2D eigenvalue weighted by molar-refractivity contribution is 0.579. The lowest BCUT2D eigenvalue weighted by Gasteiger charge is -2.21. The Bertz CT molecular complexity index is 499. The normalized spacial score (nSPS) is 24.8. The zero-order valence-corrected chi connectivity index (χ0v) is 11.0. The molecule has 0 aromatic carbocycles. The van der Waals surface area contributed by atoms with E-state index in [0.717, 1.165) is 30.6 Å². The Labute approximate surface area is 102 Å². The van der Waals surface area contributed by atoms with Crippen LogP contribution >= 0.6 is 0 Å². The minimum Gasteiger partial charge on any atom is -0.380 e. The first-order valence-corrected chi connectivity index (χ1v) is 7.81. The molecule has 5 heteroatoms. The van der Waals surface area contributed by atoms with Crippen molar-refractivity contribution < 1.29 is 8.42 Å². The number of hydrogen-bond acceptors (Lipinski definition) is 4. The molecule has 94 valence electrons. The predicted octanol–water partition coefficient (Wildman–Crippen LogP) is 1.77. The molecule has 1 saturated carbocycles. The molecule has 2 atom stereocenters. The van der Waals surface area contributed by atoms with E-state index in [-0.39, 0.29) is 11.3 Å². The first-order chi connectivity index (χ1) is 7.98. The molecule has 0 unspecified atom stereocenters. The van der Waals surface area contributed by atoms with Crippen molar-refractivity contribution in [3.05, 3.63) is 24.0 Å². The van der Waals surface area contributed by atoms with Gasteiger partial charge in [-0.25, -0.2) is 8.42 Å². The van der Waals surface area contributed by atoms with Gasteiger partial charge in [0.05, 0.1) is 16.6 Å². The van der Waals surface area contributed by atoms with Gasteiger partial charge in [-0.05, 0) is 38.3 Å². The number of sulfone groups is 1. The van der Waals surface area contributed by atoms with Crippen LogP contribution in [-0.2, 0) is 9.84 Å². The molecular formula is C12H18N2O2S.